The average Bonchev–Trinajstić information content (AvgIpc) is 2.33. The molecule has 2 rings (SSSR count). The molecule has 0 fully saturated rings. The standard InChI is InChI=1S/C14H13Cl2NS/c1-9-7-10(5-6-14(9)17)18-8-11-12(15)3-2-4-13(11)16/h2-7H,8,17H2,1H3. The Morgan fingerprint density at radius 3 is 2.39 bits per heavy atom. The number of benzene rings is 2. The van der Waals surface area contributed by atoms with Crippen molar-refractivity contribution >= 4 is 40.7 Å². The van der Waals surface area contributed by atoms with Gasteiger partial charge in [-0.25, -0.2) is 0 Å². The van der Waals surface area contributed by atoms with Crippen molar-refractivity contribution in [2.24, 2.45) is 0 Å². The van der Waals surface area contributed by atoms with E-state index >= 15 is 0 Å². The Bertz CT molecular complexity index is 549. The van der Waals surface area contributed by atoms with E-state index in [0.717, 1.165) is 27.5 Å². The molecule has 0 aliphatic carbocycles. The predicted molar refractivity (Wildman–Crippen MR) is 81.6 cm³/mol. The number of anilines is 1. The highest BCUT2D eigenvalue weighted by atomic mass is 35.5. The predicted octanol–water partition coefficient (Wildman–Crippen LogP) is 5.18. The summed E-state index contributed by atoms with van der Waals surface area (Å²) in [6, 6.07) is 11.6. The molecule has 0 spiro atoms. The first kappa shape index (κ1) is 13.6. The normalized spacial score (nSPS) is 10.6. The number of hydrogen-bond acceptors (Lipinski definition) is 2. The smallest absolute Gasteiger partial charge is 0.0461 e. The van der Waals surface area contributed by atoms with E-state index in [1.165, 1.54) is 0 Å². The van der Waals surface area contributed by atoms with Gasteiger partial charge in [0.05, 0.1) is 0 Å². The van der Waals surface area contributed by atoms with Crippen molar-refractivity contribution in [1.82, 2.24) is 0 Å². The van der Waals surface area contributed by atoms with Crippen LogP contribution in [0.2, 0.25) is 10.0 Å². The summed E-state index contributed by atoms with van der Waals surface area (Å²) in [5.41, 5.74) is 8.67. The summed E-state index contributed by atoms with van der Waals surface area (Å²) >= 11 is 14.0. The zero-order valence-electron chi connectivity index (χ0n) is 9.91. The fourth-order valence-corrected chi connectivity index (χ4v) is 3.30. The van der Waals surface area contributed by atoms with Gasteiger partial charge in [-0.2, -0.15) is 0 Å². The fraction of sp³-hybridized carbons (Fsp3) is 0.143. The molecule has 0 aromatic heterocycles. The van der Waals surface area contributed by atoms with Gasteiger partial charge in [-0.15, -0.1) is 11.8 Å². The van der Waals surface area contributed by atoms with Gasteiger partial charge in [-0.1, -0.05) is 29.3 Å². The van der Waals surface area contributed by atoms with E-state index in [2.05, 4.69) is 6.07 Å². The van der Waals surface area contributed by atoms with Gasteiger partial charge in [0.1, 0.15) is 0 Å². The minimum atomic E-state index is 0.710. The van der Waals surface area contributed by atoms with E-state index in [1.807, 2.05) is 37.3 Å². The van der Waals surface area contributed by atoms with Crippen molar-refractivity contribution in [2.75, 3.05) is 5.73 Å². The van der Waals surface area contributed by atoms with Crippen molar-refractivity contribution in [3.8, 4) is 0 Å². The molecule has 2 N–H and O–H groups in total. The molecule has 0 amide bonds. The van der Waals surface area contributed by atoms with Crippen LogP contribution in [0.1, 0.15) is 11.1 Å². The molecule has 0 bridgehead atoms. The number of halogens is 2. The first-order chi connectivity index (χ1) is 8.58. The van der Waals surface area contributed by atoms with Gasteiger partial charge in [-0.3, -0.25) is 0 Å². The Balaban J connectivity index is 2.14. The molecule has 18 heavy (non-hydrogen) atoms. The second kappa shape index (κ2) is 5.87. The van der Waals surface area contributed by atoms with Gasteiger partial charge in [0.15, 0.2) is 0 Å². The van der Waals surface area contributed by atoms with Crippen molar-refractivity contribution < 1.29 is 0 Å². The second-order valence-corrected chi connectivity index (χ2v) is 5.87. The van der Waals surface area contributed by atoms with Crippen LogP contribution in [0.4, 0.5) is 5.69 Å². The topological polar surface area (TPSA) is 26.0 Å². The van der Waals surface area contributed by atoms with Gasteiger partial charge >= 0.3 is 0 Å². The molecule has 1 nitrogen and oxygen atoms in total. The maximum atomic E-state index is 6.13. The van der Waals surface area contributed by atoms with Crippen LogP contribution in [-0.4, -0.2) is 0 Å². The molecule has 0 radical (unpaired) electrons. The van der Waals surface area contributed by atoms with Crippen LogP contribution in [0, 0.1) is 6.92 Å². The molecular weight excluding hydrogens is 285 g/mol. The quantitative estimate of drug-likeness (QED) is 0.624. The summed E-state index contributed by atoms with van der Waals surface area (Å²) < 4.78 is 0. The molecule has 0 aliphatic rings. The van der Waals surface area contributed by atoms with Gasteiger partial charge in [-0.05, 0) is 48.4 Å². The highest BCUT2D eigenvalue weighted by Gasteiger charge is 2.06. The molecular formula is C14H13Cl2NS. The Labute approximate surface area is 121 Å². The molecule has 0 heterocycles. The van der Waals surface area contributed by atoms with Gasteiger partial charge in [0, 0.05) is 26.4 Å². The minimum absolute atomic E-state index is 0.710. The van der Waals surface area contributed by atoms with Crippen LogP contribution in [0.15, 0.2) is 41.3 Å². The summed E-state index contributed by atoms with van der Waals surface area (Å²) in [5, 5.41) is 1.42. The molecule has 0 unspecified atom stereocenters. The summed E-state index contributed by atoms with van der Waals surface area (Å²) in [6.45, 7) is 2.00. The first-order valence-electron chi connectivity index (χ1n) is 5.50. The monoisotopic (exact) mass is 297 g/mol. The fourth-order valence-electron chi connectivity index (χ4n) is 1.56. The lowest BCUT2D eigenvalue weighted by Crippen LogP contribution is -1.89. The molecule has 0 saturated heterocycles. The molecule has 2 aromatic rings. The van der Waals surface area contributed by atoms with Gasteiger partial charge < -0.3 is 5.73 Å². The van der Waals surface area contributed by atoms with E-state index in [1.54, 1.807) is 11.8 Å². The van der Waals surface area contributed by atoms with Crippen LogP contribution < -0.4 is 5.73 Å². The Kier molecular flexibility index (Phi) is 4.44. The molecule has 2 aromatic carbocycles. The van der Waals surface area contributed by atoms with Crippen LogP contribution >= 0.6 is 35.0 Å². The van der Waals surface area contributed by atoms with E-state index in [4.69, 9.17) is 28.9 Å². The Morgan fingerprint density at radius 2 is 1.78 bits per heavy atom. The van der Waals surface area contributed by atoms with Crippen LogP contribution in [0.5, 0.6) is 0 Å². The number of thioether (sulfide) groups is 1. The Morgan fingerprint density at radius 1 is 1.11 bits per heavy atom. The largest absolute Gasteiger partial charge is 0.399 e. The van der Waals surface area contributed by atoms with Gasteiger partial charge in [0.25, 0.3) is 0 Å². The van der Waals surface area contributed by atoms with Crippen molar-refractivity contribution in [2.45, 2.75) is 17.6 Å². The maximum Gasteiger partial charge on any atom is 0.0461 e. The minimum Gasteiger partial charge on any atom is -0.399 e. The van der Waals surface area contributed by atoms with Crippen molar-refractivity contribution in [3.63, 3.8) is 0 Å². The van der Waals surface area contributed by atoms with E-state index in [0.29, 0.717) is 10.0 Å². The van der Waals surface area contributed by atoms with E-state index < -0.39 is 0 Å². The summed E-state index contributed by atoms with van der Waals surface area (Å²) in [4.78, 5) is 1.16. The lowest BCUT2D eigenvalue weighted by atomic mass is 10.2. The molecule has 94 valence electrons. The van der Waals surface area contributed by atoms with E-state index in [-0.39, 0.29) is 0 Å². The summed E-state index contributed by atoms with van der Waals surface area (Å²) in [6.07, 6.45) is 0. The lowest BCUT2D eigenvalue weighted by molar-refractivity contribution is 1.34. The number of rotatable bonds is 3. The maximum absolute atomic E-state index is 6.13. The third kappa shape index (κ3) is 3.14. The van der Waals surface area contributed by atoms with Crippen LogP contribution in [0.3, 0.4) is 0 Å². The molecule has 0 aliphatic heterocycles. The zero-order valence-corrected chi connectivity index (χ0v) is 12.2. The van der Waals surface area contributed by atoms with Crippen LogP contribution in [0.25, 0.3) is 0 Å². The molecule has 4 heteroatoms. The third-order valence-electron chi connectivity index (χ3n) is 2.69. The third-order valence-corrected chi connectivity index (χ3v) is 4.41. The first-order valence-corrected chi connectivity index (χ1v) is 7.24. The van der Waals surface area contributed by atoms with E-state index in [9.17, 15) is 0 Å². The molecule has 0 atom stereocenters. The van der Waals surface area contributed by atoms with Gasteiger partial charge in [0.2, 0.25) is 0 Å². The second-order valence-electron chi connectivity index (χ2n) is 4.01. The van der Waals surface area contributed by atoms with Crippen LogP contribution in [-0.2, 0) is 5.75 Å². The molecule has 0 saturated carbocycles. The summed E-state index contributed by atoms with van der Waals surface area (Å²) in [7, 11) is 0. The number of hydrogen-bond donors (Lipinski definition) is 1. The average molecular weight is 298 g/mol. The number of aryl methyl sites for hydroxylation is 1. The highest BCUT2D eigenvalue weighted by Crippen LogP contribution is 2.32. The number of nitrogen functional groups attached to an aromatic ring is 1. The summed E-state index contributed by atoms with van der Waals surface area (Å²) in [5.74, 6) is 0.752. The number of nitrogens with two attached hydrogens (primary N) is 1. The SMILES string of the molecule is Cc1cc(SCc2c(Cl)cccc2Cl)ccc1N. The van der Waals surface area contributed by atoms with Crippen molar-refractivity contribution in [3.05, 3.63) is 57.6 Å². The Hall–Kier alpha value is -0.830. The zero-order chi connectivity index (χ0) is 13.1. The van der Waals surface area contributed by atoms with Crippen molar-refractivity contribution in [1.29, 1.82) is 0 Å². The highest BCUT2D eigenvalue weighted by molar-refractivity contribution is 7.98. The lowest BCUT2D eigenvalue weighted by Gasteiger charge is -2.08.